The standard InChI is InChI=1S/C13H13ClN4O3S/c14-10-1-2-12(18-8-15-7-16-18)11(5-10)17-13(19)9-3-4-22(20,21)6-9/h1-2,5,7-9H,3-4,6H2,(H,17,19). The fraction of sp³-hybridized carbons (Fsp3) is 0.308. The van der Waals surface area contributed by atoms with E-state index in [2.05, 4.69) is 15.4 Å². The molecule has 1 saturated heterocycles. The van der Waals surface area contributed by atoms with Crippen molar-refractivity contribution in [2.45, 2.75) is 6.42 Å². The molecule has 1 atom stereocenters. The third kappa shape index (κ3) is 3.12. The molecule has 0 aliphatic carbocycles. The molecule has 1 fully saturated rings. The molecule has 1 aromatic heterocycles. The number of aromatic nitrogens is 3. The van der Waals surface area contributed by atoms with Crippen molar-refractivity contribution in [2.75, 3.05) is 16.8 Å². The largest absolute Gasteiger partial charge is 0.324 e. The number of anilines is 1. The summed E-state index contributed by atoms with van der Waals surface area (Å²) in [6, 6.07) is 4.98. The minimum absolute atomic E-state index is 0.0521. The topological polar surface area (TPSA) is 93.9 Å². The number of hydrogen-bond acceptors (Lipinski definition) is 5. The van der Waals surface area contributed by atoms with Gasteiger partial charge in [0.2, 0.25) is 5.91 Å². The molecule has 1 aromatic carbocycles. The molecule has 0 bridgehead atoms. The van der Waals surface area contributed by atoms with E-state index in [0.717, 1.165) is 0 Å². The number of carbonyl (C=O) groups is 1. The summed E-state index contributed by atoms with van der Waals surface area (Å²) >= 11 is 5.97. The molecule has 3 rings (SSSR count). The summed E-state index contributed by atoms with van der Waals surface area (Å²) in [6.45, 7) is 0. The van der Waals surface area contributed by atoms with E-state index in [-0.39, 0.29) is 17.4 Å². The number of hydrogen-bond donors (Lipinski definition) is 1. The first-order valence-electron chi connectivity index (χ1n) is 6.60. The van der Waals surface area contributed by atoms with Gasteiger partial charge in [0, 0.05) is 5.02 Å². The van der Waals surface area contributed by atoms with Crippen molar-refractivity contribution >= 4 is 33.0 Å². The van der Waals surface area contributed by atoms with Crippen LogP contribution in [-0.4, -0.2) is 40.6 Å². The number of halogens is 1. The van der Waals surface area contributed by atoms with Gasteiger partial charge in [-0.2, -0.15) is 5.10 Å². The predicted molar refractivity (Wildman–Crippen MR) is 81.8 cm³/mol. The molecule has 2 heterocycles. The molecule has 1 aliphatic rings. The molecule has 9 heteroatoms. The first-order chi connectivity index (χ1) is 10.4. The maximum Gasteiger partial charge on any atom is 0.228 e. The lowest BCUT2D eigenvalue weighted by Gasteiger charge is -2.13. The van der Waals surface area contributed by atoms with Gasteiger partial charge in [0.25, 0.3) is 0 Å². The maximum atomic E-state index is 12.3. The van der Waals surface area contributed by atoms with Crippen molar-refractivity contribution in [1.29, 1.82) is 0 Å². The molecular weight excluding hydrogens is 328 g/mol. The van der Waals surface area contributed by atoms with Crippen molar-refractivity contribution in [2.24, 2.45) is 5.92 Å². The monoisotopic (exact) mass is 340 g/mol. The molecule has 0 saturated carbocycles. The van der Waals surface area contributed by atoms with Crippen LogP contribution in [0.25, 0.3) is 5.69 Å². The van der Waals surface area contributed by atoms with Crippen molar-refractivity contribution in [3.63, 3.8) is 0 Å². The van der Waals surface area contributed by atoms with Crippen LogP contribution in [0, 0.1) is 5.92 Å². The zero-order valence-corrected chi connectivity index (χ0v) is 13.0. The number of amides is 1. The quantitative estimate of drug-likeness (QED) is 0.908. The Morgan fingerprint density at radius 2 is 2.23 bits per heavy atom. The molecule has 1 amide bonds. The average molecular weight is 341 g/mol. The second kappa shape index (κ2) is 5.69. The Labute approximate surface area is 132 Å². The Balaban J connectivity index is 1.86. The number of rotatable bonds is 3. The van der Waals surface area contributed by atoms with Gasteiger partial charge in [-0.1, -0.05) is 11.6 Å². The van der Waals surface area contributed by atoms with E-state index in [0.29, 0.717) is 22.8 Å². The first kappa shape index (κ1) is 15.0. The lowest BCUT2D eigenvalue weighted by molar-refractivity contribution is -0.119. The molecule has 7 nitrogen and oxygen atoms in total. The number of nitrogens with one attached hydrogen (secondary N) is 1. The summed E-state index contributed by atoms with van der Waals surface area (Å²) in [7, 11) is -3.11. The zero-order chi connectivity index (χ0) is 15.7. The summed E-state index contributed by atoms with van der Waals surface area (Å²) < 4.78 is 24.5. The highest BCUT2D eigenvalue weighted by atomic mass is 35.5. The van der Waals surface area contributed by atoms with Crippen LogP contribution in [-0.2, 0) is 14.6 Å². The van der Waals surface area contributed by atoms with E-state index < -0.39 is 15.8 Å². The minimum atomic E-state index is -3.11. The third-order valence-electron chi connectivity index (χ3n) is 3.49. The molecule has 1 N–H and O–H groups in total. The van der Waals surface area contributed by atoms with Crippen LogP contribution in [0.3, 0.4) is 0 Å². The van der Waals surface area contributed by atoms with Crippen LogP contribution < -0.4 is 5.32 Å². The number of carbonyl (C=O) groups excluding carboxylic acids is 1. The van der Waals surface area contributed by atoms with Gasteiger partial charge >= 0.3 is 0 Å². The Hall–Kier alpha value is -1.93. The number of nitrogens with zero attached hydrogens (tertiary/aromatic N) is 3. The van der Waals surface area contributed by atoms with Gasteiger partial charge in [-0.15, -0.1) is 0 Å². The van der Waals surface area contributed by atoms with Crippen molar-refractivity contribution < 1.29 is 13.2 Å². The molecule has 0 radical (unpaired) electrons. The van der Waals surface area contributed by atoms with E-state index >= 15 is 0 Å². The van der Waals surface area contributed by atoms with Gasteiger partial charge in [-0.25, -0.2) is 18.1 Å². The smallest absolute Gasteiger partial charge is 0.228 e. The van der Waals surface area contributed by atoms with Crippen LogP contribution in [0.15, 0.2) is 30.9 Å². The van der Waals surface area contributed by atoms with E-state index in [4.69, 9.17) is 11.6 Å². The van der Waals surface area contributed by atoms with Gasteiger partial charge < -0.3 is 5.32 Å². The Kier molecular flexibility index (Phi) is 3.88. The van der Waals surface area contributed by atoms with Crippen molar-refractivity contribution in [3.8, 4) is 5.69 Å². The molecule has 22 heavy (non-hydrogen) atoms. The second-order valence-electron chi connectivity index (χ2n) is 5.09. The lowest BCUT2D eigenvalue weighted by atomic mass is 10.1. The van der Waals surface area contributed by atoms with E-state index in [1.807, 2.05) is 0 Å². The Morgan fingerprint density at radius 3 is 2.86 bits per heavy atom. The van der Waals surface area contributed by atoms with Gasteiger partial charge in [-0.3, -0.25) is 4.79 Å². The number of benzene rings is 1. The molecule has 116 valence electrons. The van der Waals surface area contributed by atoms with Gasteiger partial charge in [-0.05, 0) is 24.6 Å². The third-order valence-corrected chi connectivity index (χ3v) is 5.49. The van der Waals surface area contributed by atoms with Crippen LogP contribution in [0.1, 0.15) is 6.42 Å². The molecule has 1 unspecified atom stereocenters. The molecule has 1 aliphatic heterocycles. The predicted octanol–water partition coefficient (Wildman–Crippen LogP) is 1.29. The summed E-state index contributed by atoms with van der Waals surface area (Å²) in [6.07, 6.45) is 3.22. The average Bonchev–Trinajstić information content (AvgIpc) is 3.08. The highest BCUT2D eigenvalue weighted by Crippen LogP contribution is 2.26. The Morgan fingerprint density at radius 1 is 1.41 bits per heavy atom. The zero-order valence-electron chi connectivity index (χ0n) is 11.4. The summed E-state index contributed by atoms with van der Waals surface area (Å²) in [5.41, 5.74) is 1.07. The molecule has 0 spiro atoms. The van der Waals surface area contributed by atoms with Gasteiger partial charge in [0.1, 0.15) is 12.7 Å². The fourth-order valence-corrected chi connectivity index (χ4v) is 4.29. The SMILES string of the molecule is O=C(Nc1cc(Cl)ccc1-n1cncn1)C1CCS(=O)(=O)C1. The molecular formula is C13H13ClN4O3S. The van der Waals surface area contributed by atoms with Gasteiger partial charge in [0.05, 0.1) is 28.8 Å². The van der Waals surface area contributed by atoms with Crippen LogP contribution >= 0.6 is 11.6 Å². The normalized spacial score (nSPS) is 20.0. The summed E-state index contributed by atoms with van der Waals surface area (Å²) in [4.78, 5) is 16.1. The van der Waals surface area contributed by atoms with E-state index in [1.165, 1.54) is 17.3 Å². The van der Waals surface area contributed by atoms with Crippen molar-refractivity contribution in [1.82, 2.24) is 14.8 Å². The second-order valence-corrected chi connectivity index (χ2v) is 7.76. The maximum absolute atomic E-state index is 12.3. The van der Waals surface area contributed by atoms with Gasteiger partial charge in [0.15, 0.2) is 9.84 Å². The fourth-order valence-electron chi connectivity index (χ4n) is 2.38. The van der Waals surface area contributed by atoms with E-state index in [9.17, 15) is 13.2 Å². The lowest BCUT2D eigenvalue weighted by Crippen LogP contribution is -2.24. The van der Waals surface area contributed by atoms with E-state index in [1.54, 1.807) is 18.2 Å². The minimum Gasteiger partial charge on any atom is -0.324 e. The van der Waals surface area contributed by atoms with Crippen molar-refractivity contribution in [3.05, 3.63) is 35.9 Å². The van der Waals surface area contributed by atoms with Crippen LogP contribution in [0.2, 0.25) is 5.02 Å². The highest BCUT2D eigenvalue weighted by Gasteiger charge is 2.33. The Bertz CT molecular complexity index is 805. The number of sulfone groups is 1. The molecule has 2 aromatic rings. The highest BCUT2D eigenvalue weighted by molar-refractivity contribution is 7.91. The van der Waals surface area contributed by atoms with Crippen LogP contribution in [0.4, 0.5) is 5.69 Å². The summed E-state index contributed by atoms with van der Waals surface area (Å²) in [5, 5.41) is 7.22. The first-order valence-corrected chi connectivity index (χ1v) is 8.80. The van der Waals surface area contributed by atoms with Crippen LogP contribution in [0.5, 0.6) is 0 Å². The summed E-state index contributed by atoms with van der Waals surface area (Å²) in [5.74, 6) is -0.925.